The number of ketones is 1. The van der Waals surface area contributed by atoms with E-state index >= 15 is 0 Å². The predicted molar refractivity (Wildman–Crippen MR) is 101 cm³/mol. The van der Waals surface area contributed by atoms with Gasteiger partial charge in [0.05, 0.1) is 11.3 Å². The first kappa shape index (κ1) is 17.6. The zero-order chi connectivity index (χ0) is 18.5. The van der Waals surface area contributed by atoms with Crippen LogP contribution in [0.5, 0.6) is 5.75 Å². The molecular formula is C21H21N3O2. The molecule has 0 spiro atoms. The summed E-state index contributed by atoms with van der Waals surface area (Å²) in [4.78, 5) is 16.7. The monoisotopic (exact) mass is 347 g/mol. The van der Waals surface area contributed by atoms with Crippen LogP contribution in [0.4, 0.5) is 0 Å². The smallest absolute Gasteiger partial charge is 0.189 e. The third-order valence-electron chi connectivity index (χ3n) is 4.21. The minimum atomic E-state index is -0.0600. The molecule has 2 aromatic heterocycles. The number of pyridine rings is 1. The van der Waals surface area contributed by atoms with Gasteiger partial charge in [-0.25, -0.2) is 0 Å². The number of ether oxygens (including phenoxy) is 1. The van der Waals surface area contributed by atoms with E-state index in [2.05, 4.69) is 10.1 Å². The van der Waals surface area contributed by atoms with E-state index in [9.17, 15) is 4.79 Å². The number of allylic oxidation sites excluding steroid dienone is 1. The molecule has 0 fully saturated rings. The normalized spacial score (nSPS) is 11.0. The highest BCUT2D eigenvalue weighted by Gasteiger charge is 2.15. The summed E-state index contributed by atoms with van der Waals surface area (Å²) in [6.07, 6.45) is 6.86. The van der Waals surface area contributed by atoms with Gasteiger partial charge in [-0.1, -0.05) is 24.3 Å². The van der Waals surface area contributed by atoms with Gasteiger partial charge in [0.1, 0.15) is 12.4 Å². The number of nitrogens with zero attached hydrogens (tertiary/aromatic N) is 3. The van der Waals surface area contributed by atoms with Gasteiger partial charge in [0.25, 0.3) is 0 Å². The van der Waals surface area contributed by atoms with E-state index in [1.54, 1.807) is 29.2 Å². The fourth-order valence-electron chi connectivity index (χ4n) is 2.77. The SMILES string of the molecule is Cc1nn(C)c(C)c1C(=O)/C=C/c1ccccc1OCc1cccnc1. The van der Waals surface area contributed by atoms with Crippen molar-refractivity contribution in [1.29, 1.82) is 0 Å². The van der Waals surface area contributed by atoms with E-state index in [0.29, 0.717) is 12.2 Å². The molecule has 0 aliphatic carbocycles. The Hall–Kier alpha value is -3.21. The highest BCUT2D eigenvalue weighted by molar-refractivity contribution is 6.08. The first-order chi connectivity index (χ1) is 12.6. The van der Waals surface area contributed by atoms with Crippen LogP contribution in [0, 0.1) is 13.8 Å². The largest absolute Gasteiger partial charge is 0.488 e. The Morgan fingerprint density at radius 2 is 2.00 bits per heavy atom. The first-order valence-corrected chi connectivity index (χ1v) is 8.39. The van der Waals surface area contributed by atoms with Crippen LogP contribution in [-0.4, -0.2) is 20.5 Å². The summed E-state index contributed by atoms with van der Waals surface area (Å²) in [7, 11) is 1.84. The number of aromatic nitrogens is 3. The molecule has 0 aliphatic rings. The molecule has 0 N–H and O–H groups in total. The van der Waals surface area contributed by atoms with Crippen molar-refractivity contribution in [3.8, 4) is 5.75 Å². The molecule has 0 aliphatic heterocycles. The lowest BCUT2D eigenvalue weighted by molar-refractivity contribution is 0.104. The van der Waals surface area contributed by atoms with Crippen LogP contribution in [0.15, 0.2) is 54.9 Å². The van der Waals surface area contributed by atoms with Crippen molar-refractivity contribution in [3.63, 3.8) is 0 Å². The first-order valence-electron chi connectivity index (χ1n) is 8.39. The number of hydrogen-bond acceptors (Lipinski definition) is 4. The maximum absolute atomic E-state index is 12.6. The summed E-state index contributed by atoms with van der Waals surface area (Å²) >= 11 is 0. The fourth-order valence-corrected chi connectivity index (χ4v) is 2.77. The molecule has 0 unspecified atom stereocenters. The van der Waals surface area contributed by atoms with E-state index in [1.807, 2.05) is 57.3 Å². The molecule has 26 heavy (non-hydrogen) atoms. The van der Waals surface area contributed by atoms with Crippen LogP contribution in [-0.2, 0) is 13.7 Å². The number of para-hydroxylation sites is 1. The maximum atomic E-state index is 12.6. The number of aryl methyl sites for hydroxylation is 2. The highest BCUT2D eigenvalue weighted by atomic mass is 16.5. The molecule has 5 heteroatoms. The number of carbonyl (C=O) groups is 1. The van der Waals surface area contributed by atoms with E-state index in [-0.39, 0.29) is 5.78 Å². The van der Waals surface area contributed by atoms with E-state index < -0.39 is 0 Å². The molecular weight excluding hydrogens is 326 g/mol. The molecule has 5 nitrogen and oxygen atoms in total. The van der Waals surface area contributed by atoms with Gasteiger partial charge in [0.15, 0.2) is 5.78 Å². The van der Waals surface area contributed by atoms with Crippen LogP contribution in [0.1, 0.15) is 32.9 Å². The van der Waals surface area contributed by atoms with Gasteiger partial charge in [-0.05, 0) is 38.1 Å². The van der Waals surface area contributed by atoms with Crippen molar-refractivity contribution in [2.24, 2.45) is 7.05 Å². The molecule has 1 aromatic carbocycles. The second-order valence-electron chi connectivity index (χ2n) is 6.05. The lowest BCUT2D eigenvalue weighted by atomic mass is 10.1. The molecule has 0 saturated carbocycles. The van der Waals surface area contributed by atoms with Crippen LogP contribution in [0.3, 0.4) is 0 Å². The minimum Gasteiger partial charge on any atom is -0.488 e. The molecule has 0 amide bonds. The van der Waals surface area contributed by atoms with Crippen LogP contribution >= 0.6 is 0 Å². The van der Waals surface area contributed by atoms with Crippen molar-refractivity contribution in [3.05, 3.63) is 82.9 Å². The molecule has 3 aromatic rings. The molecule has 0 radical (unpaired) electrons. The Kier molecular flexibility index (Phi) is 5.27. The number of carbonyl (C=O) groups excluding carboxylic acids is 1. The quantitative estimate of drug-likeness (QED) is 0.501. The minimum absolute atomic E-state index is 0.0600. The Bertz CT molecular complexity index is 943. The molecule has 0 atom stereocenters. The topological polar surface area (TPSA) is 57.0 Å². The summed E-state index contributed by atoms with van der Waals surface area (Å²) in [5.74, 6) is 0.662. The third-order valence-corrected chi connectivity index (χ3v) is 4.21. The van der Waals surface area contributed by atoms with Gasteiger partial charge in [-0.15, -0.1) is 0 Å². The van der Waals surface area contributed by atoms with Gasteiger partial charge in [0.2, 0.25) is 0 Å². The van der Waals surface area contributed by atoms with Crippen LogP contribution in [0.25, 0.3) is 6.08 Å². The van der Waals surface area contributed by atoms with E-state index in [4.69, 9.17) is 4.74 Å². The lowest BCUT2D eigenvalue weighted by Crippen LogP contribution is -2.00. The lowest BCUT2D eigenvalue weighted by Gasteiger charge is -2.09. The zero-order valence-corrected chi connectivity index (χ0v) is 15.1. The Morgan fingerprint density at radius 3 is 2.69 bits per heavy atom. The van der Waals surface area contributed by atoms with Gasteiger partial charge in [-0.2, -0.15) is 5.10 Å². The van der Waals surface area contributed by atoms with E-state index in [1.165, 1.54) is 0 Å². The summed E-state index contributed by atoms with van der Waals surface area (Å²) in [5, 5.41) is 4.30. The molecule has 2 heterocycles. The van der Waals surface area contributed by atoms with Gasteiger partial charge < -0.3 is 4.74 Å². The summed E-state index contributed by atoms with van der Waals surface area (Å²) < 4.78 is 7.62. The Labute approximate surface area is 153 Å². The van der Waals surface area contributed by atoms with Crippen LogP contribution < -0.4 is 4.74 Å². The second kappa shape index (κ2) is 7.78. The number of rotatable bonds is 6. The summed E-state index contributed by atoms with van der Waals surface area (Å²) in [6.45, 7) is 4.17. The van der Waals surface area contributed by atoms with E-state index in [0.717, 1.165) is 28.3 Å². The molecule has 0 saturated heterocycles. The zero-order valence-electron chi connectivity index (χ0n) is 15.1. The summed E-state index contributed by atoms with van der Waals surface area (Å²) in [6, 6.07) is 11.5. The van der Waals surface area contributed by atoms with Crippen molar-refractivity contribution in [2.45, 2.75) is 20.5 Å². The number of benzene rings is 1. The summed E-state index contributed by atoms with van der Waals surface area (Å²) in [5.41, 5.74) is 4.09. The highest BCUT2D eigenvalue weighted by Crippen LogP contribution is 2.22. The van der Waals surface area contributed by atoms with Crippen molar-refractivity contribution >= 4 is 11.9 Å². The second-order valence-corrected chi connectivity index (χ2v) is 6.05. The van der Waals surface area contributed by atoms with Crippen LogP contribution in [0.2, 0.25) is 0 Å². The molecule has 132 valence electrons. The van der Waals surface area contributed by atoms with Crippen molar-refractivity contribution in [1.82, 2.24) is 14.8 Å². The molecule has 0 bridgehead atoms. The standard InChI is InChI=1S/C21H21N3O2/c1-15-21(16(2)24(3)23-15)19(25)11-10-18-8-4-5-9-20(18)26-14-17-7-6-12-22-13-17/h4-13H,14H2,1-3H3/b11-10+. The van der Waals surface area contributed by atoms with Gasteiger partial charge >= 0.3 is 0 Å². The van der Waals surface area contributed by atoms with Gasteiger partial charge in [0, 0.05) is 36.3 Å². The predicted octanol–water partition coefficient (Wildman–Crippen LogP) is 3.91. The average molecular weight is 347 g/mol. The average Bonchev–Trinajstić information content (AvgIpc) is 2.91. The fraction of sp³-hybridized carbons (Fsp3) is 0.190. The maximum Gasteiger partial charge on any atom is 0.189 e. The third kappa shape index (κ3) is 3.88. The van der Waals surface area contributed by atoms with Crippen molar-refractivity contribution in [2.75, 3.05) is 0 Å². The molecule has 3 rings (SSSR count). The Morgan fingerprint density at radius 1 is 1.19 bits per heavy atom. The number of hydrogen-bond donors (Lipinski definition) is 0. The Balaban J connectivity index is 1.77. The van der Waals surface area contributed by atoms with Gasteiger partial charge in [-0.3, -0.25) is 14.5 Å². The van der Waals surface area contributed by atoms with Crippen molar-refractivity contribution < 1.29 is 9.53 Å².